The molecule has 0 aliphatic heterocycles. The van der Waals surface area contributed by atoms with E-state index in [9.17, 15) is 0 Å². The Bertz CT molecular complexity index is 1240. The van der Waals surface area contributed by atoms with E-state index in [0.717, 1.165) is 46.2 Å². The SMILES string of the molecule is COc1ccc(-c2nc3c(OCc4ccccc4)cccn3c2NC(C)(C)CC(C)(C)C)cc1. The van der Waals surface area contributed by atoms with Gasteiger partial charge in [0.2, 0.25) is 0 Å². The summed E-state index contributed by atoms with van der Waals surface area (Å²) in [5.74, 6) is 2.53. The van der Waals surface area contributed by atoms with Gasteiger partial charge in [-0.25, -0.2) is 4.98 Å². The van der Waals surface area contributed by atoms with Crippen LogP contribution in [0, 0.1) is 5.41 Å². The molecule has 5 nitrogen and oxygen atoms in total. The van der Waals surface area contributed by atoms with Gasteiger partial charge in [0.05, 0.1) is 7.11 Å². The Kier molecular flexibility index (Phi) is 6.56. The van der Waals surface area contributed by atoms with E-state index < -0.39 is 0 Å². The van der Waals surface area contributed by atoms with Gasteiger partial charge in [0.25, 0.3) is 0 Å². The molecule has 0 aliphatic rings. The lowest BCUT2D eigenvalue weighted by Crippen LogP contribution is -2.36. The van der Waals surface area contributed by atoms with Gasteiger partial charge in [0, 0.05) is 17.3 Å². The van der Waals surface area contributed by atoms with Crippen LogP contribution in [-0.4, -0.2) is 22.0 Å². The van der Waals surface area contributed by atoms with Gasteiger partial charge in [-0.3, -0.25) is 4.40 Å². The number of pyridine rings is 1. The predicted molar refractivity (Wildman–Crippen MR) is 140 cm³/mol. The van der Waals surface area contributed by atoms with Gasteiger partial charge < -0.3 is 14.8 Å². The van der Waals surface area contributed by atoms with Crippen molar-refractivity contribution in [2.24, 2.45) is 5.41 Å². The molecule has 0 saturated heterocycles. The first kappa shape index (κ1) is 23.7. The van der Waals surface area contributed by atoms with E-state index in [1.54, 1.807) is 7.11 Å². The first-order valence-corrected chi connectivity index (χ1v) is 11.8. The van der Waals surface area contributed by atoms with Gasteiger partial charge in [-0.2, -0.15) is 0 Å². The average Bonchev–Trinajstić information content (AvgIpc) is 3.15. The van der Waals surface area contributed by atoms with E-state index in [4.69, 9.17) is 14.5 Å². The third-order valence-electron chi connectivity index (χ3n) is 5.64. The van der Waals surface area contributed by atoms with Crippen LogP contribution in [0.3, 0.4) is 0 Å². The molecule has 0 unspecified atom stereocenters. The lowest BCUT2D eigenvalue weighted by atomic mass is 9.82. The van der Waals surface area contributed by atoms with Crippen molar-refractivity contribution in [1.82, 2.24) is 9.38 Å². The lowest BCUT2D eigenvalue weighted by Gasteiger charge is -2.34. The van der Waals surface area contributed by atoms with E-state index in [1.807, 2.05) is 60.8 Å². The molecular formula is C29H35N3O2. The number of hydrogen-bond acceptors (Lipinski definition) is 4. The maximum atomic E-state index is 6.23. The molecule has 178 valence electrons. The summed E-state index contributed by atoms with van der Waals surface area (Å²) in [7, 11) is 1.68. The number of nitrogens with zero attached hydrogens (tertiary/aromatic N) is 2. The summed E-state index contributed by atoms with van der Waals surface area (Å²) >= 11 is 0. The molecule has 2 aromatic carbocycles. The molecule has 2 heterocycles. The highest BCUT2D eigenvalue weighted by molar-refractivity contribution is 5.79. The second-order valence-electron chi connectivity index (χ2n) is 10.6. The summed E-state index contributed by atoms with van der Waals surface area (Å²) < 4.78 is 13.7. The Morgan fingerprint density at radius 2 is 1.59 bits per heavy atom. The summed E-state index contributed by atoms with van der Waals surface area (Å²) in [5, 5.41) is 3.81. The third-order valence-corrected chi connectivity index (χ3v) is 5.64. The van der Waals surface area contributed by atoms with E-state index in [-0.39, 0.29) is 11.0 Å². The highest BCUT2D eigenvalue weighted by atomic mass is 16.5. The average molecular weight is 458 g/mol. The summed E-state index contributed by atoms with van der Waals surface area (Å²) in [6.07, 6.45) is 3.04. The Balaban J connectivity index is 1.78. The fraction of sp³-hybridized carbons (Fsp3) is 0.345. The summed E-state index contributed by atoms with van der Waals surface area (Å²) in [6, 6.07) is 22.2. The predicted octanol–water partition coefficient (Wildman–Crippen LogP) is 7.22. The molecule has 1 N–H and O–H groups in total. The summed E-state index contributed by atoms with van der Waals surface area (Å²) in [4.78, 5) is 5.07. The molecule has 0 amide bonds. The number of methoxy groups -OCH3 is 1. The molecular weight excluding hydrogens is 422 g/mol. The Morgan fingerprint density at radius 1 is 0.882 bits per heavy atom. The van der Waals surface area contributed by atoms with Crippen molar-refractivity contribution in [3.63, 3.8) is 0 Å². The number of rotatable bonds is 8. The van der Waals surface area contributed by atoms with Crippen molar-refractivity contribution >= 4 is 11.5 Å². The monoisotopic (exact) mass is 457 g/mol. The summed E-state index contributed by atoms with van der Waals surface area (Å²) in [5.41, 5.74) is 3.86. The van der Waals surface area contributed by atoms with E-state index >= 15 is 0 Å². The van der Waals surface area contributed by atoms with Crippen LogP contribution in [0.1, 0.15) is 46.6 Å². The van der Waals surface area contributed by atoms with Gasteiger partial charge in [-0.1, -0.05) is 51.1 Å². The zero-order chi connectivity index (χ0) is 24.3. The molecule has 5 heteroatoms. The fourth-order valence-electron chi connectivity index (χ4n) is 4.65. The molecule has 0 saturated carbocycles. The highest BCUT2D eigenvalue weighted by Gasteiger charge is 2.28. The minimum Gasteiger partial charge on any atom is -0.497 e. The van der Waals surface area contributed by atoms with Crippen molar-refractivity contribution in [2.75, 3.05) is 12.4 Å². The number of ether oxygens (including phenoxy) is 2. The fourth-order valence-corrected chi connectivity index (χ4v) is 4.65. The van der Waals surface area contributed by atoms with Crippen molar-refractivity contribution in [3.05, 3.63) is 78.5 Å². The van der Waals surface area contributed by atoms with Crippen LogP contribution in [0.2, 0.25) is 0 Å². The lowest BCUT2D eigenvalue weighted by molar-refractivity contribution is 0.301. The first-order valence-electron chi connectivity index (χ1n) is 11.8. The number of benzene rings is 2. The van der Waals surface area contributed by atoms with Crippen LogP contribution in [0.15, 0.2) is 72.9 Å². The topological polar surface area (TPSA) is 47.8 Å². The van der Waals surface area contributed by atoms with Crippen LogP contribution in [0.5, 0.6) is 11.5 Å². The minimum absolute atomic E-state index is 0.143. The quantitative estimate of drug-likeness (QED) is 0.303. The molecule has 2 aromatic heterocycles. The summed E-state index contributed by atoms with van der Waals surface area (Å²) in [6.45, 7) is 11.8. The van der Waals surface area contributed by atoms with Crippen molar-refractivity contribution in [3.8, 4) is 22.8 Å². The second kappa shape index (κ2) is 9.41. The van der Waals surface area contributed by atoms with Gasteiger partial charge in [0.1, 0.15) is 23.9 Å². The largest absolute Gasteiger partial charge is 0.497 e. The maximum absolute atomic E-state index is 6.23. The van der Waals surface area contributed by atoms with Gasteiger partial charge >= 0.3 is 0 Å². The second-order valence-corrected chi connectivity index (χ2v) is 10.6. The number of imidazole rings is 1. The Labute approximate surface area is 202 Å². The van der Waals surface area contributed by atoms with Crippen LogP contribution < -0.4 is 14.8 Å². The molecule has 0 atom stereocenters. The third kappa shape index (κ3) is 5.53. The maximum Gasteiger partial charge on any atom is 0.181 e. The number of nitrogens with one attached hydrogen (secondary N) is 1. The van der Waals surface area contributed by atoms with Crippen molar-refractivity contribution in [1.29, 1.82) is 0 Å². The van der Waals surface area contributed by atoms with E-state index in [2.05, 4.69) is 56.5 Å². The number of anilines is 1. The Hall–Kier alpha value is -3.47. The normalized spacial score (nSPS) is 12.1. The van der Waals surface area contributed by atoms with E-state index in [0.29, 0.717) is 6.61 Å². The molecule has 4 rings (SSSR count). The Morgan fingerprint density at radius 3 is 2.24 bits per heavy atom. The zero-order valence-electron chi connectivity index (χ0n) is 21.1. The number of fused-ring (bicyclic) bond motifs is 1. The number of aromatic nitrogens is 2. The molecule has 0 aliphatic carbocycles. The van der Waals surface area contributed by atoms with Crippen LogP contribution in [0.4, 0.5) is 5.82 Å². The molecule has 0 radical (unpaired) electrons. The first-order chi connectivity index (χ1) is 16.1. The molecule has 4 aromatic rings. The van der Waals surface area contributed by atoms with E-state index in [1.165, 1.54) is 0 Å². The smallest absolute Gasteiger partial charge is 0.181 e. The zero-order valence-corrected chi connectivity index (χ0v) is 21.1. The van der Waals surface area contributed by atoms with Gasteiger partial charge in [-0.15, -0.1) is 0 Å². The minimum atomic E-state index is -0.143. The molecule has 34 heavy (non-hydrogen) atoms. The van der Waals surface area contributed by atoms with Crippen LogP contribution in [0.25, 0.3) is 16.9 Å². The molecule has 0 fully saturated rings. The van der Waals surface area contributed by atoms with Gasteiger partial charge in [-0.05, 0) is 67.6 Å². The number of hydrogen-bond donors (Lipinski definition) is 1. The molecule has 0 spiro atoms. The molecule has 0 bridgehead atoms. The standard InChI is InChI=1S/C29H35N3O2/c1-28(2,3)20-29(4,5)31-27-25(22-14-16-23(33-6)17-15-22)30-26-24(13-10-18-32(26)27)34-19-21-11-8-7-9-12-21/h7-18,31H,19-20H2,1-6H3. The van der Waals surface area contributed by atoms with Crippen LogP contribution >= 0.6 is 0 Å². The van der Waals surface area contributed by atoms with Crippen LogP contribution in [-0.2, 0) is 6.61 Å². The highest BCUT2D eigenvalue weighted by Crippen LogP contribution is 2.37. The van der Waals surface area contributed by atoms with Crippen molar-refractivity contribution < 1.29 is 9.47 Å². The van der Waals surface area contributed by atoms with Crippen molar-refractivity contribution in [2.45, 2.75) is 53.2 Å². The van der Waals surface area contributed by atoms with Gasteiger partial charge in [0.15, 0.2) is 11.4 Å².